The van der Waals surface area contributed by atoms with Crippen molar-refractivity contribution >= 4 is 41.8 Å². The first-order valence-corrected chi connectivity index (χ1v) is 13.3. The first-order valence-electron chi connectivity index (χ1n) is 13.3. The molecular weight excluding hydrogens is 582 g/mol. The van der Waals surface area contributed by atoms with E-state index in [9.17, 15) is 33.6 Å². The van der Waals surface area contributed by atoms with Gasteiger partial charge in [-0.1, -0.05) is 0 Å². The summed E-state index contributed by atoms with van der Waals surface area (Å²) in [4.78, 5) is 89.0. The van der Waals surface area contributed by atoms with Crippen LogP contribution in [0.2, 0.25) is 0 Å². The second-order valence-electron chi connectivity index (χ2n) is 9.81. The van der Waals surface area contributed by atoms with Gasteiger partial charge in [-0.2, -0.15) is 0 Å². The minimum Gasteiger partial charge on any atom is -0.469 e. The summed E-state index contributed by atoms with van der Waals surface area (Å²) in [5, 5.41) is 0. The molecular formula is C26H37NO16. The molecule has 1 saturated heterocycles. The molecule has 0 unspecified atom stereocenters. The predicted molar refractivity (Wildman–Crippen MR) is 136 cm³/mol. The fourth-order valence-corrected chi connectivity index (χ4v) is 4.84. The van der Waals surface area contributed by atoms with Crippen LogP contribution in [0.3, 0.4) is 0 Å². The van der Waals surface area contributed by atoms with Crippen LogP contribution in [0.4, 0.5) is 0 Å². The van der Waals surface area contributed by atoms with Gasteiger partial charge in [0.15, 0.2) is 24.6 Å². The van der Waals surface area contributed by atoms with Crippen LogP contribution in [0.25, 0.3) is 0 Å². The minimum absolute atomic E-state index is 0.0381. The highest BCUT2D eigenvalue weighted by Crippen LogP contribution is 2.35. The van der Waals surface area contributed by atoms with Crippen LogP contribution in [-0.4, -0.2) is 104 Å². The summed E-state index contributed by atoms with van der Waals surface area (Å²) in [6, 6.07) is -1.12. The Labute approximate surface area is 247 Å². The molecule has 17 nitrogen and oxygen atoms in total. The average molecular weight is 620 g/mol. The van der Waals surface area contributed by atoms with Crippen molar-refractivity contribution in [1.82, 2.24) is 5.48 Å². The number of ether oxygens (including phenoxy) is 8. The molecule has 0 spiro atoms. The molecule has 2 aliphatic rings. The number of carbonyl (C=O) groups is 7. The molecule has 1 aliphatic heterocycles. The quantitative estimate of drug-likeness (QED) is 0.174. The molecule has 1 aliphatic carbocycles. The molecule has 1 heterocycles. The normalized spacial score (nSPS) is 30.2. The zero-order chi connectivity index (χ0) is 32.4. The highest BCUT2D eigenvalue weighted by Gasteiger charge is 2.55. The molecule has 17 heteroatoms. The Morgan fingerprint density at radius 2 is 1.26 bits per heavy atom. The fourth-order valence-electron chi connectivity index (χ4n) is 4.84. The molecule has 1 saturated carbocycles. The average Bonchev–Trinajstić information content (AvgIpc) is 2.88. The van der Waals surface area contributed by atoms with Gasteiger partial charge in [-0.3, -0.25) is 33.6 Å². The van der Waals surface area contributed by atoms with Crippen LogP contribution in [0.1, 0.15) is 54.4 Å². The van der Waals surface area contributed by atoms with E-state index in [0.29, 0.717) is 0 Å². The zero-order valence-electron chi connectivity index (χ0n) is 24.8. The lowest BCUT2D eigenvalue weighted by Gasteiger charge is -2.47. The standard InChI is InChI=1S/C26H37NO16/c1-11(28)36-10-20-22(38-13(3)30)23(39-14(4)31)24(40-15(5)32)26(42-20)41-19-9-17(37-12(2)29)8-18(25(34)35-7)21(19)27-43-16(6)33/h17-24,26-27H,8-10H2,1-7H3/t17-,18+,19-,20+,21-,22+,23-,24+,26+/m0/s1. The van der Waals surface area contributed by atoms with Crippen LogP contribution in [0.15, 0.2) is 0 Å². The van der Waals surface area contributed by atoms with E-state index < -0.39 is 103 Å². The minimum atomic E-state index is -1.62. The molecule has 0 aromatic heterocycles. The SMILES string of the molecule is COC(=O)[C@@H]1C[C@H](OC(C)=O)C[C@H](O[C@@H]2O[C@H](COC(C)=O)[C@@H](OC(C)=O)[C@H](OC(C)=O)[C@H]2OC(C)=O)[C@H]1NOC(C)=O. The molecule has 43 heavy (non-hydrogen) atoms. The number of carbonyl (C=O) groups excluding carboxylic acids is 7. The lowest BCUT2D eigenvalue weighted by atomic mass is 9.80. The van der Waals surface area contributed by atoms with Gasteiger partial charge in [-0.05, 0) is 6.42 Å². The molecule has 1 N–H and O–H groups in total. The van der Waals surface area contributed by atoms with Gasteiger partial charge in [0.1, 0.15) is 18.8 Å². The summed E-state index contributed by atoms with van der Waals surface area (Å²) >= 11 is 0. The second kappa shape index (κ2) is 16.1. The van der Waals surface area contributed by atoms with Crippen molar-refractivity contribution in [3.63, 3.8) is 0 Å². The molecule has 2 rings (SSSR count). The van der Waals surface area contributed by atoms with E-state index in [1.807, 2.05) is 0 Å². The van der Waals surface area contributed by atoms with E-state index in [2.05, 4.69) is 5.48 Å². The lowest BCUT2D eigenvalue weighted by Crippen LogP contribution is -2.65. The summed E-state index contributed by atoms with van der Waals surface area (Å²) in [5.74, 6) is -6.47. The summed E-state index contributed by atoms with van der Waals surface area (Å²) in [7, 11) is 1.13. The Morgan fingerprint density at radius 1 is 0.698 bits per heavy atom. The highest BCUT2D eigenvalue weighted by atomic mass is 16.7. The van der Waals surface area contributed by atoms with Crippen molar-refractivity contribution < 1.29 is 76.3 Å². The first kappa shape index (κ1) is 35.4. The van der Waals surface area contributed by atoms with Crippen molar-refractivity contribution in [3.05, 3.63) is 0 Å². The largest absolute Gasteiger partial charge is 0.469 e. The van der Waals surface area contributed by atoms with E-state index in [4.69, 9.17) is 42.7 Å². The molecule has 9 atom stereocenters. The van der Waals surface area contributed by atoms with E-state index in [0.717, 1.165) is 41.7 Å². The maximum Gasteiger partial charge on any atom is 0.321 e. The number of hydrogen-bond donors (Lipinski definition) is 1. The van der Waals surface area contributed by atoms with E-state index in [1.165, 1.54) is 6.92 Å². The number of hydrogen-bond acceptors (Lipinski definition) is 17. The molecule has 0 bridgehead atoms. The topological polar surface area (TPSA) is 215 Å². The van der Waals surface area contributed by atoms with E-state index >= 15 is 0 Å². The number of nitrogens with one attached hydrogen (secondary N) is 1. The van der Waals surface area contributed by atoms with Crippen LogP contribution >= 0.6 is 0 Å². The van der Waals surface area contributed by atoms with Gasteiger partial charge in [0.25, 0.3) is 0 Å². The van der Waals surface area contributed by atoms with Gasteiger partial charge in [0, 0.05) is 48.0 Å². The van der Waals surface area contributed by atoms with Crippen LogP contribution in [0, 0.1) is 5.92 Å². The van der Waals surface area contributed by atoms with Crippen molar-refractivity contribution in [1.29, 1.82) is 0 Å². The maximum absolute atomic E-state index is 12.8. The van der Waals surface area contributed by atoms with Gasteiger partial charge >= 0.3 is 41.8 Å². The third kappa shape index (κ3) is 10.7. The number of esters is 6. The Morgan fingerprint density at radius 3 is 1.77 bits per heavy atom. The van der Waals surface area contributed by atoms with Crippen molar-refractivity contribution in [2.24, 2.45) is 5.92 Å². The molecule has 0 aromatic rings. The third-order valence-electron chi connectivity index (χ3n) is 6.28. The Hall–Kier alpha value is -3.83. The van der Waals surface area contributed by atoms with Gasteiger partial charge < -0.3 is 42.7 Å². The lowest BCUT2D eigenvalue weighted by molar-refractivity contribution is -0.323. The Kier molecular flexibility index (Phi) is 13.3. The number of rotatable bonds is 11. The van der Waals surface area contributed by atoms with E-state index in [1.54, 1.807) is 0 Å². The summed E-state index contributed by atoms with van der Waals surface area (Å²) < 4.78 is 43.7. The molecule has 2 fully saturated rings. The predicted octanol–water partition coefficient (Wildman–Crippen LogP) is -0.594. The molecule has 0 radical (unpaired) electrons. The third-order valence-corrected chi connectivity index (χ3v) is 6.28. The molecule has 242 valence electrons. The van der Waals surface area contributed by atoms with Crippen LogP contribution in [0.5, 0.6) is 0 Å². The van der Waals surface area contributed by atoms with Crippen molar-refractivity contribution in [3.8, 4) is 0 Å². The number of hydroxylamine groups is 1. The maximum atomic E-state index is 12.8. The smallest absolute Gasteiger partial charge is 0.321 e. The van der Waals surface area contributed by atoms with Gasteiger partial charge in [0.05, 0.1) is 25.2 Å². The highest BCUT2D eigenvalue weighted by molar-refractivity contribution is 5.74. The summed E-state index contributed by atoms with van der Waals surface area (Å²) in [5.41, 5.74) is 2.48. The zero-order valence-corrected chi connectivity index (χ0v) is 24.8. The number of methoxy groups -OCH3 is 1. The monoisotopic (exact) mass is 619 g/mol. The Bertz CT molecular complexity index is 1060. The summed E-state index contributed by atoms with van der Waals surface area (Å²) in [6.45, 7) is 6.10. The molecule has 0 aromatic carbocycles. The van der Waals surface area contributed by atoms with Gasteiger partial charge in [-0.15, -0.1) is 5.48 Å². The first-order chi connectivity index (χ1) is 20.1. The van der Waals surface area contributed by atoms with Crippen LogP contribution in [-0.2, 0) is 76.3 Å². The Balaban J connectivity index is 2.59. The van der Waals surface area contributed by atoms with Crippen molar-refractivity contribution in [2.75, 3.05) is 13.7 Å². The van der Waals surface area contributed by atoms with Gasteiger partial charge in [0.2, 0.25) is 0 Å². The van der Waals surface area contributed by atoms with Gasteiger partial charge in [-0.25, -0.2) is 0 Å². The molecule has 0 amide bonds. The fraction of sp³-hybridized carbons (Fsp3) is 0.731. The van der Waals surface area contributed by atoms with Crippen molar-refractivity contribution in [2.45, 2.75) is 103 Å². The van der Waals surface area contributed by atoms with E-state index in [-0.39, 0.29) is 12.8 Å². The van der Waals surface area contributed by atoms with Crippen LogP contribution < -0.4 is 5.48 Å². The second-order valence-corrected chi connectivity index (χ2v) is 9.81. The summed E-state index contributed by atoms with van der Waals surface area (Å²) in [6.07, 6.45) is -9.63.